The number of non-ortho nitro benzene ring substituents is 2. The van der Waals surface area contributed by atoms with Crippen LogP contribution in [0.25, 0.3) is 32.5 Å². The Morgan fingerprint density at radius 1 is 0.889 bits per heavy atom. The van der Waals surface area contributed by atoms with Crippen molar-refractivity contribution in [1.29, 1.82) is 5.26 Å². The van der Waals surface area contributed by atoms with E-state index in [0.717, 1.165) is 32.5 Å². The lowest BCUT2D eigenvalue weighted by atomic mass is 10.1. The summed E-state index contributed by atoms with van der Waals surface area (Å²) in [6.07, 6.45) is 1.42. The summed E-state index contributed by atoms with van der Waals surface area (Å²) in [5.41, 5.74) is 9.22. The Morgan fingerprint density at radius 2 is 1.44 bits per heavy atom. The van der Waals surface area contributed by atoms with Crippen LogP contribution >= 0.6 is 22.0 Å². The maximum absolute atomic E-state index is 10.6. The number of hydrogen-bond acceptors (Lipinski definition) is 10. The number of anilines is 1. The normalized spacial score (nSPS) is 10.8. The van der Waals surface area contributed by atoms with Crippen LogP contribution in [0.3, 0.4) is 0 Å². The number of hydrogen-bond donors (Lipinski definition) is 2. The number of nitro benzene ring substituents is 2. The third-order valence-corrected chi connectivity index (χ3v) is 7.24. The molecule has 0 spiro atoms. The second-order valence-corrected chi connectivity index (χ2v) is 9.51. The van der Waals surface area contributed by atoms with E-state index < -0.39 is 20.5 Å². The lowest BCUT2D eigenvalue weighted by molar-refractivity contribution is -0.385. The van der Waals surface area contributed by atoms with Gasteiger partial charge in [0.05, 0.1) is 31.5 Å². The number of nitrogens with two attached hydrogens (primary N) is 2. The summed E-state index contributed by atoms with van der Waals surface area (Å²) in [4.78, 5) is 29.7. The Hall–Kier alpha value is -4.77. The monoisotopic (exact) mass is 518 g/mol. The molecule has 0 saturated carbocycles. The zero-order chi connectivity index (χ0) is 25.8. The Kier molecular flexibility index (Phi) is 6.93. The fraction of sp³-hybridized carbons (Fsp3) is 0. The Bertz CT molecular complexity index is 1620. The van der Waals surface area contributed by atoms with Crippen molar-refractivity contribution >= 4 is 49.4 Å². The van der Waals surface area contributed by atoms with Gasteiger partial charge in [-0.25, -0.2) is 9.97 Å². The van der Waals surface area contributed by atoms with E-state index in [0.29, 0.717) is 10.7 Å². The fourth-order valence-electron chi connectivity index (χ4n) is 3.39. The topological polar surface area (TPSA) is 188 Å². The lowest BCUT2D eigenvalue weighted by Gasteiger charge is -2.01. The van der Waals surface area contributed by atoms with Gasteiger partial charge >= 0.3 is 0 Å². The summed E-state index contributed by atoms with van der Waals surface area (Å²) in [5, 5.41) is 40.4. The minimum atomic E-state index is -0.651. The van der Waals surface area contributed by atoms with Crippen molar-refractivity contribution in [3.63, 3.8) is 0 Å². The lowest BCUT2D eigenvalue weighted by Crippen LogP contribution is -1.92. The van der Waals surface area contributed by atoms with Crippen LogP contribution in [0.4, 0.5) is 17.2 Å². The van der Waals surface area contributed by atoms with Gasteiger partial charge in [0.25, 0.3) is 16.3 Å². The molecule has 4 N–H and O–H groups in total. The van der Waals surface area contributed by atoms with Crippen LogP contribution in [-0.4, -0.2) is 19.8 Å². The first-order valence-electron chi connectivity index (χ1n) is 10.1. The van der Waals surface area contributed by atoms with Crippen LogP contribution in [0.5, 0.6) is 0 Å². The van der Waals surface area contributed by atoms with Gasteiger partial charge in [-0.05, 0) is 35.4 Å². The maximum Gasteiger partial charge on any atom is 0.278 e. The van der Waals surface area contributed by atoms with Crippen LogP contribution in [0.2, 0.25) is 0 Å². The average Bonchev–Trinajstić information content (AvgIpc) is 3.48. The van der Waals surface area contributed by atoms with Crippen LogP contribution in [0.15, 0.2) is 71.7 Å². The SMILES string of the molecule is N#Cc1c(-c2ccc([N+](=O)[O-])cc2)cc[s+]1N.Nc1ncnc2scc(-c3ccc([N+](=O)[O-])cc3)c12. The first kappa shape index (κ1) is 24.4. The number of rotatable bonds is 4. The minimum Gasteiger partial charge on any atom is -0.383 e. The van der Waals surface area contributed by atoms with Crippen LogP contribution in [-0.2, 0) is 0 Å². The summed E-state index contributed by atoms with van der Waals surface area (Å²) in [5.74, 6) is 0.416. The second-order valence-electron chi connectivity index (χ2n) is 7.23. The molecule has 0 aliphatic carbocycles. The molecule has 36 heavy (non-hydrogen) atoms. The van der Waals surface area contributed by atoms with Crippen molar-refractivity contribution < 1.29 is 9.85 Å². The largest absolute Gasteiger partial charge is 0.383 e. The van der Waals surface area contributed by atoms with Crippen LogP contribution in [0.1, 0.15) is 4.88 Å². The molecule has 5 rings (SSSR count). The first-order chi connectivity index (χ1) is 17.3. The van der Waals surface area contributed by atoms with Crippen molar-refractivity contribution in [3.05, 3.63) is 96.8 Å². The maximum atomic E-state index is 10.6. The van der Waals surface area contributed by atoms with Gasteiger partial charge < -0.3 is 5.73 Å². The summed E-state index contributed by atoms with van der Waals surface area (Å²) in [6, 6.07) is 16.3. The van der Waals surface area contributed by atoms with Crippen LogP contribution < -0.4 is 10.9 Å². The van der Waals surface area contributed by atoms with Gasteiger partial charge in [-0.3, -0.25) is 20.2 Å². The van der Waals surface area contributed by atoms with Gasteiger partial charge in [-0.1, -0.05) is 0 Å². The molecule has 0 fully saturated rings. The smallest absolute Gasteiger partial charge is 0.278 e. The highest BCUT2D eigenvalue weighted by Crippen LogP contribution is 2.36. The Balaban J connectivity index is 0.000000170. The molecule has 1 unspecified atom stereocenters. The number of aromatic nitrogens is 2. The van der Waals surface area contributed by atoms with E-state index in [4.69, 9.17) is 16.1 Å². The molecular formula is C23H16N7O4S2+. The molecule has 3 aromatic heterocycles. The molecule has 0 amide bonds. The van der Waals surface area contributed by atoms with Crippen LogP contribution in [0, 0.1) is 31.6 Å². The third-order valence-electron chi connectivity index (χ3n) is 5.14. The zero-order valence-corrected chi connectivity index (χ0v) is 19.9. The van der Waals surface area contributed by atoms with Gasteiger partial charge in [0.15, 0.2) is 11.4 Å². The molecule has 178 valence electrons. The van der Waals surface area contributed by atoms with Gasteiger partial charge in [0, 0.05) is 41.3 Å². The van der Waals surface area contributed by atoms with Gasteiger partial charge in [-0.15, -0.1) is 16.5 Å². The van der Waals surface area contributed by atoms with Crippen molar-refractivity contribution in [3.8, 4) is 28.3 Å². The minimum absolute atomic E-state index is 0.0292. The Labute approximate surface area is 210 Å². The summed E-state index contributed by atoms with van der Waals surface area (Å²) in [6.45, 7) is 0. The molecule has 2 aromatic carbocycles. The first-order valence-corrected chi connectivity index (χ1v) is 12.3. The molecule has 0 saturated heterocycles. The highest BCUT2D eigenvalue weighted by Gasteiger charge is 2.19. The standard InChI is InChI=1S/C12H8N4O2S.C11H8N3O2S/c13-11-10-9(5-19-12(10)15-6-14-11)7-1-3-8(4-2-7)16(17)18;12-7-11-10(5-6-17(11)13)8-1-3-9(4-2-8)14(15)16/h1-6H,(H2,13,14,15);1-6H,13H2/q;+1. The number of nitrogen functional groups attached to an aromatic ring is 2. The molecule has 3 heterocycles. The number of benzene rings is 2. The number of thiophene rings is 2. The molecule has 0 bridgehead atoms. The fourth-order valence-corrected chi connectivity index (χ4v) is 5.28. The summed E-state index contributed by atoms with van der Waals surface area (Å²) < 4.78 is 0. The highest BCUT2D eigenvalue weighted by atomic mass is 32.2. The molecule has 5 aromatic rings. The summed E-state index contributed by atoms with van der Waals surface area (Å²) >= 11 is 1.47. The van der Waals surface area contributed by atoms with E-state index in [1.165, 1.54) is 41.9 Å². The predicted octanol–water partition coefficient (Wildman–Crippen LogP) is 5.45. The van der Waals surface area contributed by atoms with E-state index in [1.807, 2.05) is 5.38 Å². The molecule has 0 aliphatic rings. The number of nitro groups is 2. The van der Waals surface area contributed by atoms with E-state index >= 15 is 0 Å². The predicted molar refractivity (Wildman–Crippen MR) is 140 cm³/mol. The third kappa shape index (κ3) is 4.86. The molecular weight excluding hydrogens is 502 g/mol. The average molecular weight is 519 g/mol. The zero-order valence-electron chi connectivity index (χ0n) is 18.3. The molecule has 0 radical (unpaired) electrons. The number of nitrogens with zero attached hydrogens (tertiary/aromatic N) is 5. The molecule has 0 aliphatic heterocycles. The van der Waals surface area contributed by atoms with Crippen molar-refractivity contribution in [2.45, 2.75) is 0 Å². The highest BCUT2D eigenvalue weighted by molar-refractivity contribution is 7.30. The molecule has 13 heteroatoms. The van der Waals surface area contributed by atoms with Gasteiger partial charge in [0.1, 0.15) is 17.0 Å². The molecule has 1 atom stereocenters. The summed E-state index contributed by atoms with van der Waals surface area (Å²) in [7, 11) is -0.651. The quantitative estimate of drug-likeness (QED) is 0.177. The van der Waals surface area contributed by atoms with Gasteiger partial charge in [0.2, 0.25) is 0 Å². The van der Waals surface area contributed by atoms with E-state index in [9.17, 15) is 20.2 Å². The molecule has 11 nitrogen and oxygen atoms in total. The van der Waals surface area contributed by atoms with Crippen molar-refractivity contribution in [1.82, 2.24) is 9.97 Å². The van der Waals surface area contributed by atoms with Gasteiger partial charge in [-0.2, -0.15) is 5.26 Å². The van der Waals surface area contributed by atoms with Crippen molar-refractivity contribution in [2.24, 2.45) is 0 Å². The number of fused-ring (bicyclic) bond motifs is 1. The second kappa shape index (κ2) is 10.2. The van der Waals surface area contributed by atoms with E-state index in [-0.39, 0.29) is 11.4 Å². The van der Waals surface area contributed by atoms with E-state index in [2.05, 4.69) is 16.0 Å². The Morgan fingerprint density at radius 3 is 1.97 bits per heavy atom. The van der Waals surface area contributed by atoms with Crippen molar-refractivity contribution in [2.75, 3.05) is 10.9 Å². The number of nitriles is 1. The van der Waals surface area contributed by atoms with E-state index in [1.54, 1.807) is 35.7 Å².